The number of benzene rings is 1. The fraction of sp³-hybridized carbons (Fsp3) is 0.455. The summed E-state index contributed by atoms with van der Waals surface area (Å²) in [5.41, 5.74) is 5.33. The molecule has 0 fully saturated rings. The molecule has 0 saturated carbocycles. The summed E-state index contributed by atoms with van der Waals surface area (Å²) >= 11 is 5.81. The van der Waals surface area contributed by atoms with Gasteiger partial charge in [0.05, 0.1) is 0 Å². The van der Waals surface area contributed by atoms with Gasteiger partial charge in [0.1, 0.15) is 18.0 Å². The Morgan fingerprint density at radius 1 is 1.53 bits per heavy atom. The Morgan fingerprint density at radius 3 is 2.73 bits per heavy atom. The van der Waals surface area contributed by atoms with Gasteiger partial charge in [-0.2, -0.15) is 0 Å². The summed E-state index contributed by atoms with van der Waals surface area (Å²) in [6, 6.07) is 5.35. The van der Waals surface area contributed by atoms with Gasteiger partial charge in [-0.25, -0.2) is 0 Å². The number of halogens is 1. The Bertz CT molecular complexity index is 339. The van der Waals surface area contributed by atoms with Crippen molar-refractivity contribution in [2.75, 3.05) is 13.2 Å². The van der Waals surface area contributed by atoms with E-state index in [1.807, 2.05) is 13.0 Å². The number of rotatable bonds is 4. The van der Waals surface area contributed by atoms with Crippen LogP contribution in [0.15, 0.2) is 18.2 Å². The van der Waals surface area contributed by atoms with Crippen LogP contribution in [0, 0.1) is 6.92 Å². The Morgan fingerprint density at radius 2 is 2.20 bits per heavy atom. The Labute approximate surface area is 94.8 Å². The van der Waals surface area contributed by atoms with Crippen LogP contribution >= 0.6 is 11.6 Å². The van der Waals surface area contributed by atoms with E-state index in [1.54, 1.807) is 19.1 Å². The largest absolute Gasteiger partial charge is 0.490 e. The fourth-order valence-corrected chi connectivity index (χ4v) is 1.29. The molecular formula is C11H16ClNO2. The molecule has 0 spiro atoms. The Balaban J connectivity index is 2.66. The molecule has 4 heteroatoms. The van der Waals surface area contributed by atoms with Crippen LogP contribution in [0.1, 0.15) is 12.5 Å². The van der Waals surface area contributed by atoms with Crippen molar-refractivity contribution in [1.82, 2.24) is 0 Å². The lowest BCUT2D eigenvalue weighted by molar-refractivity contribution is 0.0193. The second kappa shape index (κ2) is 4.84. The number of hydrogen-bond acceptors (Lipinski definition) is 3. The molecule has 0 aliphatic rings. The van der Waals surface area contributed by atoms with Crippen molar-refractivity contribution in [3.8, 4) is 5.75 Å². The minimum atomic E-state index is -0.994. The van der Waals surface area contributed by atoms with Crippen molar-refractivity contribution in [3.63, 3.8) is 0 Å². The number of ether oxygens (including phenoxy) is 1. The summed E-state index contributed by atoms with van der Waals surface area (Å²) < 4.78 is 5.46. The van der Waals surface area contributed by atoms with Gasteiger partial charge in [-0.1, -0.05) is 11.6 Å². The van der Waals surface area contributed by atoms with Gasteiger partial charge < -0.3 is 15.6 Å². The summed E-state index contributed by atoms with van der Waals surface area (Å²) in [7, 11) is 0. The predicted octanol–water partition coefficient (Wildman–Crippen LogP) is 1.74. The van der Waals surface area contributed by atoms with Crippen molar-refractivity contribution >= 4 is 11.6 Å². The van der Waals surface area contributed by atoms with Gasteiger partial charge in [0.15, 0.2) is 0 Å². The molecule has 3 N–H and O–H groups in total. The van der Waals surface area contributed by atoms with Crippen molar-refractivity contribution in [1.29, 1.82) is 0 Å². The van der Waals surface area contributed by atoms with E-state index in [9.17, 15) is 5.11 Å². The van der Waals surface area contributed by atoms with E-state index in [0.29, 0.717) is 10.8 Å². The van der Waals surface area contributed by atoms with Crippen LogP contribution in [-0.4, -0.2) is 23.9 Å². The zero-order valence-corrected chi connectivity index (χ0v) is 9.71. The maximum absolute atomic E-state index is 9.65. The van der Waals surface area contributed by atoms with Gasteiger partial charge in [0.2, 0.25) is 0 Å². The van der Waals surface area contributed by atoms with Crippen LogP contribution in [0.2, 0.25) is 5.02 Å². The van der Waals surface area contributed by atoms with E-state index < -0.39 is 5.60 Å². The SMILES string of the molecule is Cc1cc(Cl)ccc1OCC(C)(O)CN. The van der Waals surface area contributed by atoms with Gasteiger partial charge in [-0.15, -0.1) is 0 Å². The Kier molecular flexibility index (Phi) is 3.97. The third-order valence-corrected chi connectivity index (χ3v) is 2.35. The molecule has 1 atom stereocenters. The molecule has 0 bridgehead atoms. The number of aliphatic hydroxyl groups is 1. The van der Waals surface area contributed by atoms with Crippen LogP contribution in [0.25, 0.3) is 0 Å². The first-order chi connectivity index (χ1) is 6.94. The average molecular weight is 230 g/mol. The summed E-state index contributed by atoms with van der Waals surface area (Å²) in [5.74, 6) is 0.716. The first kappa shape index (κ1) is 12.3. The summed E-state index contributed by atoms with van der Waals surface area (Å²) in [5, 5.41) is 10.3. The lowest BCUT2D eigenvalue weighted by Crippen LogP contribution is -2.40. The van der Waals surface area contributed by atoms with E-state index >= 15 is 0 Å². The zero-order valence-electron chi connectivity index (χ0n) is 8.96. The molecule has 0 aliphatic heterocycles. The van der Waals surface area contributed by atoms with E-state index in [1.165, 1.54) is 0 Å². The molecule has 1 unspecified atom stereocenters. The van der Waals surface area contributed by atoms with Crippen LogP contribution in [0.3, 0.4) is 0 Å². The van der Waals surface area contributed by atoms with Crippen LogP contribution in [-0.2, 0) is 0 Å². The molecular weight excluding hydrogens is 214 g/mol. The van der Waals surface area contributed by atoms with Gasteiger partial charge in [-0.3, -0.25) is 0 Å². The normalized spacial score (nSPS) is 14.7. The summed E-state index contributed by atoms with van der Waals surface area (Å²) in [6.45, 7) is 3.88. The van der Waals surface area contributed by atoms with E-state index in [0.717, 1.165) is 5.56 Å². The predicted molar refractivity (Wildman–Crippen MR) is 61.4 cm³/mol. The third-order valence-electron chi connectivity index (χ3n) is 2.12. The monoisotopic (exact) mass is 229 g/mol. The molecule has 0 amide bonds. The quantitative estimate of drug-likeness (QED) is 0.827. The standard InChI is InChI=1S/C11H16ClNO2/c1-8-5-9(12)3-4-10(8)15-7-11(2,14)6-13/h3-5,14H,6-7,13H2,1-2H3. The molecule has 0 saturated heterocycles. The van der Waals surface area contributed by atoms with Crippen molar-refractivity contribution in [2.45, 2.75) is 19.4 Å². The molecule has 1 aromatic carbocycles. The zero-order chi connectivity index (χ0) is 11.5. The summed E-state index contributed by atoms with van der Waals surface area (Å²) in [4.78, 5) is 0. The molecule has 84 valence electrons. The Hall–Kier alpha value is -0.770. The first-order valence-electron chi connectivity index (χ1n) is 4.76. The molecule has 1 aromatic rings. The first-order valence-corrected chi connectivity index (χ1v) is 5.14. The smallest absolute Gasteiger partial charge is 0.122 e. The maximum Gasteiger partial charge on any atom is 0.122 e. The highest BCUT2D eigenvalue weighted by Crippen LogP contribution is 2.22. The van der Waals surface area contributed by atoms with Crippen LogP contribution in [0.4, 0.5) is 0 Å². The van der Waals surface area contributed by atoms with Crippen LogP contribution < -0.4 is 10.5 Å². The van der Waals surface area contributed by atoms with Gasteiger partial charge in [0.25, 0.3) is 0 Å². The van der Waals surface area contributed by atoms with Crippen LogP contribution in [0.5, 0.6) is 5.75 Å². The molecule has 0 radical (unpaired) electrons. The number of aryl methyl sites for hydroxylation is 1. The lowest BCUT2D eigenvalue weighted by atomic mass is 10.1. The average Bonchev–Trinajstić information content (AvgIpc) is 2.16. The lowest BCUT2D eigenvalue weighted by Gasteiger charge is -2.21. The maximum atomic E-state index is 9.65. The molecule has 3 nitrogen and oxygen atoms in total. The second-order valence-electron chi connectivity index (χ2n) is 3.90. The van der Waals surface area contributed by atoms with E-state index in [-0.39, 0.29) is 13.2 Å². The van der Waals surface area contributed by atoms with E-state index in [4.69, 9.17) is 22.1 Å². The minimum Gasteiger partial charge on any atom is -0.490 e. The molecule has 15 heavy (non-hydrogen) atoms. The molecule has 0 aromatic heterocycles. The second-order valence-corrected chi connectivity index (χ2v) is 4.34. The molecule has 0 aliphatic carbocycles. The summed E-state index contributed by atoms with van der Waals surface area (Å²) in [6.07, 6.45) is 0. The van der Waals surface area contributed by atoms with Gasteiger partial charge >= 0.3 is 0 Å². The van der Waals surface area contributed by atoms with Gasteiger partial charge in [-0.05, 0) is 37.6 Å². The highest BCUT2D eigenvalue weighted by atomic mass is 35.5. The van der Waals surface area contributed by atoms with Gasteiger partial charge in [0, 0.05) is 11.6 Å². The number of nitrogens with two attached hydrogens (primary N) is 1. The van der Waals surface area contributed by atoms with Crippen molar-refractivity contribution in [2.24, 2.45) is 5.73 Å². The highest BCUT2D eigenvalue weighted by molar-refractivity contribution is 6.30. The minimum absolute atomic E-state index is 0.166. The third kappa shape index (κ3) is 3.70. The van der Waals surface area contributed by atoms with Crippen molar-refractivity contribution < 1.29 is 9.84 Å². The molecule has 1 rings (SSSR count). The number of hydrogen-bond donors (Lipinski definition) is 2. The van der Waals surface area contributed by atoms with Crippen molar-refractivity contribution in [3.05, 3.63) is 28.8 Å². The fourth-order valence-electron chi connectivity index (χ4n) is 1.07. The topological polar surface area (TPSA) is 55.5 Å². The highest BCUT2D eigenvalue weighted by Gasteiger charge is 2.19. The van der Waals surface area contributed by atoms with E-state index in [2.05, 4.69) is 0 Å². The molecule has 0 heterocycles.